The van der Waals surface area contributed by atoms with E-state index in [1.54, 1.807) is 0 Å². The fourth-order valence-electron chi connectivity index (χ4n) is 1.62. The van der Waals surface area contributed by atoms with E-state index in [1.807, 2.05) is 6.92 Å². The van der Waals surface area contributed by atoms with Crippen LogP contribution in [0.25, 0.3) is 0 Å². The maximum absolute atomic E-state index is 9.40. The van der Waals surface area contributed by atoms with Crippen LogP contribution in [0.3, 0.4) is 0 Å². The molecule has 3 atom stereocenters. The normalized spacial score (nSPS) is 17.8. The quantitative estimate of drug-likeness (QED) is 0.633. The first kappa shape index (κ1) is 13.9. The SMILES string of the molecule is CCCCC(CCC)NC(C)C(C)O. The van der Waals surface area contributed by atoms with E-state index in [9.17, 15) is 5.11 Å². The summed E-state index contributed by atoms with van der Waals surface area (Å²) in [6.45, 7) is 8.34. The summed E-state index contributed by atoms with van der Waals surface area (Å²) >= 11 is 0. The molecule has 0 aliphatic rings. The molecular weight excluding hydrogens is 174 g/mol. The number of rotatable bonds is 8. The van der Waals surface area contributed by atoms with E-state index in [2.05, 4.69) is 26.1 Å². The maximum Gasteiger partial charge on any atom is 0.0662 e. The standard InChI is InChI=1S/C12H27NO/c1-5-7-9-12(8-6-2)13-10(3)11(4)14/h10-14H,5-9H2,1-4H3. The molecule has 3 unspecified atom stereocenters. The zero-order valence-corrected chi connectivity index (χ0v) is 10.2. The number of nitrogens with one attached hydrogen (secondary N) is 1. The molecule has 0 saturated heterocycles. The molecule has 0 heterocycles. The zero-order chi connectivity index (χ0) is 11.0. The van der Waals surface area contributed by atoms with E-state index < -0.39 is 0 Å². The number of hydrogen-bond donors (Lipinski definition) is 2. The number of unbranched alkanes of at least 4 members (excludes halogenated alkanes) is 1. The Morgan fingerprint density at radius 2 is 1.71 bits per heavy atom. The number of aliphatic hydroxyl groups is 1. The Labute approximate surface area is 89.1 Å². The smallest absolute Gasteiger partial charge is 0.0662 e. The molecular formula is C12H27NO. The Morgan fingerprint density at radius 1 is 1.07 bits per heavy atom. The lowest BCUT2D eigenvalue weighted by molar-refractivity contribution is 0.143. The van der Waals surface area contributed by atoms with Gasteiger partial charge in [0.15, 0.2) is 0 Å². The van der Waals surface area contributed by atoms with Crippen LogP contribution in [-0.2, 0) is 0 Å². The van der Waals surface area contributed by atoms with Gasteiger partial charge in [-0.05, 0) is 26.7 Å². The Hall–Kier alpha value is -0.0800. The van der Waals surface area contributed by atoms with E-state index in [1.165, 1.54) is 32.1 Å². The highest BCUT2D eigenvalue weighted by molar-refractivity contribution is 4.74. The van der Waals surface area contributed by atoms with Crippen LogP contribution < -0.4 is 5.32 Å². The molecule has 0 fully saturated rings. The van der Waals surface area contributed by atoms with Crippen LogP contribution in [0.1, 0.15) is 59.8 Å². The molecule has 14 heavy (non-hydrogen) atoms. The molecule has 0 aromatic carbocycles. The van der Waals surface area contributed by atoms with Gasteiger partial charge in [0.1, 0.15) is 0 Å². The van der Waals surface area contributed by atoms with Crippen molar-refractivity contribution in [2.45, 2.75) is 78.0 Å². The summed E-state index contributed by atoms with van der Waals surface area (Å²) < 4.78 is 0. The average molecular weight is 201 g/mol. The van der Waals surface area contributed by atoms with E-state index in [0.717, 1.165) is 0 Å². The molecule has 0 aliphatic heterocycles. The molecule has 0 spiro atoms. The minimum absolute atomic E-state index is 0.211. The first-order chi connectivity index (χ1) is 6.61. The van der Waals surface area contributed by atoms with Crippen molar-refractivity contribution in [3.63, 3.8) is 0 Å². The topological polar surface area (TPSA) is 32.3 Å². The molecule has 2 nitrogen and oxygen atoms in total. The lowest BCUT2D eigenvalue weighted by Gasteiger charge is -2.24. The van der Waals surface area contributed by atoms with Crippen LogP contribution >= 0.6 is 0 Å². The predicted molar refractivity (Wildman–Crippen MR) is 62.5 cm³/mol. The van der Waals surface area contributed by atoms with Gasteiger partial charge in [-0.1, -0.05) is 33.1 Å². The molecule has 0 bridgehead atoms. The number of hydrogen-bond acceptors (Lipinski definition) is 2. The van der Waals surface area contributed by atoms with Gasteiger partial charge in [-0.25, -0.2) is 0 Å². The van der Waals surface area contributed by atoms with Crippen LogP contribution in [0.4, 0.5) is 0 Å². The van der Waals surface area contributed by atoms with Crippen LogP contribution in [0, 0.1) is 0 Å². The highest BCUT2D eigenvalue weighted by atomic mass is 16.3. The molecule has 2 N–H and O–H groups in total. The van der Waals surface area contributed by atoms with Crippen molar-refractivity contribution < 1.29 is 5.11 Å². The summed E-state index contributed by atoms with van der Waals surface area (Å²) in [4.78, 5) is 0. The third-order valence-electron chi connectivity index (χ3n) is 2.77. The van der Waals surface area contributed by atoms with Gasteiger partial charge < -0.3 is 10.4 Å². The first-order valence-electron chi connectivity index (χ1n) is 6.05. The third kappa shape index (κ3) is 6.39. The van der Waals surface area contributed by atoms with Crippen molar-refractivity contribution in [1.29, 1.82) is 0 Å². The Kier molecular flexibility index (Phi) is 8.20. The Bertz CT molecular complexity index is 125. The first-order valence-corrected chi connectivity index (χ1v) is 6.05. The predicted octanol–water partition coefficient (Wildman–Crippen LogP) is 2.70. The minimum Gasteiger partial charge on any atom is -0.392 e. The van der Waals surface area contributed by atoms with Crippen molar-refractivity contribution >= 4 is 0 Å². The van der Waals surface area contributed by atoms with E-state index in [-0.39, 0.29) is 12.1 Å². The summed E-state index contributed by atoms with van der Waals surface area (Å²) in [6, 6.07) is 0.799. The maximum atomic E-state index is 9.40. The van der Waals surface area contributed by atoms with Crippen LogP contribution in [0.15, 0.2) is 0 Å². The Balaban J connectivity index is 3.81. The monoisotopic (exact) mass is 201 g/mol. The lowest BCUT2D eigenvalue weighted by Crippen LogP contribution is -2.42. The van der Waals surface area contributed by atoms with E-state index in [4.69, 9.17) is 0 Å². The van der Waals surface area contributed by atoms with Crippen molar-refractivity contribution in [3.05, 3.63) is 0 Å². The van der Waals surface area contributed by atoms with Crippen molar-refractivity contribution in [2.24, 2.45) is 0 Å². The lowest BCUT2D eigenvalue weighted by atomic mass is 10.0. The fraction of sp³-hybridized carbons (Fsp3) is 1.00. The highest BCUT2D eigenvalue weighted by Crippen LogP contribution is 2.08. The van der Waals surface area contributed by atoms with Gasteiger partial charge in [-0.15, -0.1) is 0 Å². The van der Waals surface area contributed by atoms with Gasteiger partial charge in [0, 0.05) is 12.1 Å². The van der Waals surface area contributed by atoms with Gasteiger partial charge in [-0.3, -0.25) is 0 Å². The van der Waals surface area contributed by atoms with Crippen LogP contribution in [-0.4, -0.2) is 23.3 Å². The average Bonchev–Trinajstić information content (AvgIpc) is 2.14. The summed E-state index contributed by atoms with van der Waals surface area (Å²) in [5.41, 5.74) is 0. The molecule has 86 valence electrons. The number of aliphatic hydroxyl groups excluding tert-OH is 1. The largest absolute Gasteiger partial charge is 0.392 e. The summed E-state index contributed by atoms with van der Waals surface area (Å²) in [5.74, 6) is 0. The van der Waals surface area contributed by atoms with Gasteiger partial charge in [0.05, 0.1) is 6.10 Å². The van der Waals surface area contributed by atoms with Crippen LogP contribution in [0.5, 0.6) is 0 Å². The van der Waals surface area contributed by atoms with Crippen molar-refractivity contribution in [3.8, 4) is 0 Å². The van der Waals surface area contributed by atoms with Gasteiger partial charge >= 0.3 is 0 Å². The van der Waals surface area contributed by atoms with Gasteiger partial charge in [0.25, 0.3) is 0 Å². The third-order valence-corrected chi connectivity index (χ3v) is 2.77. The molecule has 0 aromatic heterocycles. The molecule has 2 heteroatoms. The second-order valence-corrected chi connectivity index (χ2v) is 4.32. The summed E-state index contributed by atoms with van der Waals surface area (Å²) in [5, 5.41) is 12.9. The van der Waals surface area contributed by atoms with Crippen molar-refractivity contribution in [1.82, 2.24) is 5.32 Å². The Morgan fingerprint density at radius 3 is 2.14 bits per heavy atom. The fourth-order valence-corrected chi connectivity index (χ4v) is 1.62. The molecule has 0 amide bonds. The van der Waals surface area contributed by atoms with Gasteiger partial charge in [-0.2, -0.15) is 0 Å². The van der Waals surface area contributed by atoms with E-state index >= 15 is 0 Å². The van der Waals surface area contributed by atoms with E-state index in [0.29, 0.717) is 6.04 Å². The molecule has 0 radical (unpaired) electrons. The van der Waals surface area contributed by atoms with Crippen molar-refractivity contribution in [2.75, 3.05) is 0 Å². The summed E-state index contributed by atoms with van der Waals surface area (Å²) in [6.07, 6.45) is 5.96. The molecule has 0 aromatic rings. The second kappa shape index (κ2) is 8.25. The second-order valence-electron chi connectivity index (χ2n) is 4.32. The molecule has 0 saturated carbocycles. The van der Waals surface area contributed by atoms with Crippen LogP contribution in [0.2, 0.25) is 0 Å². The zero-order valence-electron chi connectivity index (χ0n) is 10.2. The highest BCUT2D eigenvalue weighted by Gasteiger charge is 2.13. The molecule has 0 aliphatic carbocycles. The minimum atomic E-state index is -0.254. The van der Waals surface area contributed by atoms with Gasteiger partial charge in [0.2, 0.25) is 0 Å². The summed E-state index contributed by atoms with van der Waals surface area (Å²) in [7, 11) is 0. The molecule has 0 rings (SSSR count).